The monoisotopic (exact) mass is 288 g/mol. The highest BCUT2D eigenvalue weighted by Crippen LogP contribution is 2.28. The molecule has 0 spiro atoms. The largest absolute Gasteiger partial charge is 0.496 e. The quantitative estimate of drug-likeness (QED) is 0.617. The average Bonchev–Trinajstić information content (AvgIpc) is 2.78. The lowest BCUT2D eigenvalue weighted by atomic mass is 10.1. The normalized spacial score (nSPS) is 15.9. The van der Waals surface area contributed by atoms with Gasteiger partial charge in [0.15, 0.2) is 11.6 Å². The number of carbonyl (C=O) groups is 1. The van der Waals surface area contributed by atoms with Crippen LogP contribution in [0, 0.1) is 0 Å². The Morgan fingerprint density at radius 3 is 2.57 bits per heavy atom. The van der Waals surface area contributed by atoms with E-state index in [1.165, 1.54) is 0 Å². The van der Waals surface area contributed by atoms with Crippen molar-refractivity contribution in [3.63, 3.8) is 0 Å². The Hall–Kier alpha value is -2.30. The molecule has 0 amide bonds. The number of hydrogen-bond donors (Lipinski definition) is 0. The summed E-state index contributed by atoms with van der Waals surface area (Å²) < 4.78 is 10.3. The first kappa shape index (κ1) is 15.1. The van der Waals surface area contributed by atoms with Crippen molar-refractivity contribution in [1.82, 2.24) is 0 Å². The molecule has 1 aliphatic heterocycles. The van der Waals surface area contributed by atoms with Crippen molar-refractivity contribution in [2.24, 2.45) is 4.99 Å². The molecule has 1 aliphatic rings. The van der Waals surface area contributed by atoms with E-state index in [0.717, 1.165) is 24.3 Å². The second-order valence-electron chi connectivity index (χ2n) is 4.65. The molecular weight excluding hydrogens is 268 g/mol. The molecule has 0 bridgehead atoms. The number of benzene rings is 1. The third kappa shape index (κ3) is 3.24. The number of carbonyl (C=O) groups excluding carboxylic acids is 1. The van der Waals surface area contributed by atoms with Crippen molar-refractivity contribution >= 4 is 23.6 Å². The molecule has 0 atom stereocenters. The molecule has 2 rings (SSSR count). The maximum Gasteiger partial charge on any atom is 0.363 e. The first-order chi connectivity index (χ1) is 10.1. The third-order valence-corrected chi connectivity index (χ3v) is 3.36. The number of ether oxygens (including phenoxy) is 2. The van der Waals surface area contributed by atoms with E-state index in [-0.39, 0.29) is 0 Å². The zero-order valence-corrected chi connectivity index (χ0v) is 12.8. The van der Waals surface area contributed by atoms with Crippen LogP contribution in [0.25, 0.3) is 6.08 Å². The number of cyclic esters (lactones) is 1. The van der Waals surface area contributed by atoms with Crippen molar-refractivity contribution in [3.8, 4) is 5.75 Å². The van der Waals surface area contributed by atoms with Gasteiger partial charge in [-0.3, -0.25) is 0 Å². The van der Waals surface area contributed by atoms with Crippen molar-refractivity contribution < 1.29 is 14.3 Å². The Labute approximate surface area is 124 Å². The summed E-state index contributed by atoms with van der Waals surface area (Å²) in [4.78, 5) is 18.0. The summed E-state index contributed by atoms with van der Waals surface area (Å²) in [7, 11) is 1.61. The predicted molar refractivity (Wildman–Crippen MR) is 83.7 cm³/mol. The van der Waals surface area contributed by atoms with Gasteiger partial charge in [-0.15, -0.1) is 0 Å². The molecule has 0 N–H and O–H groups in total. The number of esters is 1. The highest BCUT2D eigenvalue weighted by atomic mass is 16.6. The number of hydrogen-bond acceptors (Lipinski definition) is 5. The fourth-order valence-corrected chi connectivity index (χ4v) is 2.28. The highest BCUT2D eigenvalue weighted by Gasteiger charge is 2.20. The molecule has 21 heavy (non-hydrogen) atoms. The topological polar surface area (TPSA) is 51.1 Å². The van der Waals surface area contributed by atoms with Crippen LogP contribution >= 0.6 is 0 Å². The zero-order valence-electron chi connectivity index (χ0n) is 12.8. The summed E-state index contributed by atoms with van der Waals surface area (Å²) in [5.74, 6) is 0.638. The predicted octanol–water partition coefficient (Wildman–Crippen LogP) is 2.86. The lowest BCUT2D eigenvalue weighted by Gasteiger charge is -2.22. The van der Waals surface area contributed by atoms with Crippen LogP contribution in [-0.4, -0.2) is 32.1 Å². The van der Waals surface area contributed by atoms with Gasteiger partial charge in [0.05, 0.1) is 7.11 Å². The van der Waals surface area contributed by atoms with E-state index in [4.69, 9.17) is 9.47 Å². The Morgan fingerprint density at radius 1 is 1.33 bits per heavy atom. The molecule has 0 aromatic heterocycles. The second-order valence-corrected chi connectivity index (χ2v) is 4.65. The van der Waals surface area contributed by atoms with Gasteiger partial charge in [-0.25, -0.2) is 9.79 Å². The van der Waals surface area contributed by atoms with Crippen molar-refractivity contribution in [1.29, 1.82) is 0 Å². The van der Waals surface area contributed by atoms with E-state index >= 15 is 0 Å². The Kier molecular flexibility index (Phi) is 4.62. The van der Waals surface area contributed by atoms with E-state index in [1.54, 1.807) is 20.1 Å². The maximum atomic E-state index is 11.7. The molecule has 0 saturated carbocycles. The first-order valence-corrected chi connectivity index (χ1v) is 7.01. The van der Waals surface area contributed by atoms with Crippen LogP contribution in [0.2, 0.25) is 0 Å². The van der Waals surface area contributed by atoms with E-state index in [9.17, 15) is 4.79 Å². The maximum absolute atomic E-state index is 11.7. The molecule has 1 aromatic rings. The smallest absolute Gasteiger partial charge is 0.363 e. The van der Waals surface area contributed by atoms with E-state index < -0.39 is 5.97 Å². The van der Waals surface area contributed by atoms with Gasteiger partial charge < -0.3 is 14.4 Å². The molecule has 112 valence electrons. The summed E-state index contributed by atoms with van der Waals surface area (Å²) >= 11 is 0. The number of rotatable bonds is 5. The minimum absolute atomic E-state index is 0.294. The van der Waals surface area contributed by atoms with Crippen LogP contribution in [0.3, 0.4) is 0 Å². The second kappa shape index (κ2) is 6.43. The molecule has 0 saturated heterocycles. The molecule has 0 unspecified atom stereocenters. The minimum atomic E-state index is -0.428. The first-order valence-electron chi connectivity index (χ1n) is 7.01. The number of anilines is 1. The summed E-state index contributed by atoms with van der Waals surface area (Å²) in [6, 6.07) is 5.90. The average molecular weight is 288 g/mol. The van der Waals surface area contributed by atoms with E-state index in [1.807, 2.05) is 18.2 Å². The standard InChI is InChI=1S/C16H20N2O3/c1-5-18(6-2)13-7-8-15(20-4)12(9-13)10-14-16(19)21-11(3)17-14/h7-10H,5-6H2,1-4H3/b14-10-. The number of aliphatic imine (C=N–C) groups is 1. The van der Waals surface area contributed by atoms with Gasteiger partial charge in [0, 0.05) is 31.3 Å². The Balaban J connectivity index is 2.44. The van der Waals surface area contributed by atoms with Crippen LogP contribution in [0.1, 0.15) is 26.3 Å². The number of methoxy groups -OCH3 is 1. The van der Waals surface area contributed by atoms with Gasteiger partial charge in [0.1, 0.15) is 5.75 Å². The van der Waals surface area contributed by atoms with Crippen molar-refractivity contribution in [3.05, 3.63) is 29.5 Å². The molecule has 5 heteroatoms. The van der Waals surface area contributed by atoms with Crippen LogP contribution in [-0.2, 0) is 9.53 Å². The Bertz CT molecular complexity index is 602. The molecule has 1 aromatic carbocycles. The summed E-state index contributed by atoms with van der Waals surface area (Å²) in [6.07, 6.45) is 1.70. The van der Waals surface area contributed by atoms with Crippen LogP contribution < -0.4 is 9.64 Å². The van der Waals surface area contributed by atoms with Gasteiger partial charge in [0.2, 0.25) is 0 Å². The highest BCUT2D eigenvalue weighted by molar-refractivity contribution is 6.06. The van der Waals surface area contributed by atoms with Crippen molar-refractivity contribution in [2.45, 2.75) is 20.8 Å². The minimum Gasteiger partial charge on any atom is -0.496 e. The van der Waals surface area contributed by atoms with Crippen LogP contribution in [0.15, 0.2) is 28.9 Å². The summed E-state index contributed by atoms with van der Waals surface area (Å²) in [5.41, 5.74) is 2.19. The molecular formula is C16H20N2O3. The fourth-order valence-electron chi connectivity index (χ4n) is 2.28. The molecule has 5 nitrogen and oxygen atoms in total. The van der Waals surface area contributed by atoms with Gasteiger partial charge in [-0.05, 0) is 38.1 Å². The zero-order chi connectivity index (χ0) is 15.4. The third-order valence-electron chi connectivity index (χ3n) is 3.36. The van der Waals surface area contributed by atoms with Gasteiger partial charge in [-0.1, -0.05) is 0 Å². The van der Waals surface area contributed by atoms with Gasteiger partial charge in [-0.2, -0.15) is 0 Å². The summed E-state index contributed by atoms with van der Waals surface area (Å²) in [5, 5.41) is 0. The molecule has 1 heterocycles. The Morgan fingerprint density at radius 2 is 2.05 bits per heavy atom. The number of nitrogens with zero attached hydrogens (tertiary/aromatic N) is 2. The molecule has 0 aliphatic carbocycles. The molecule has 0 radical (unpaired) electrons. The molecule has 0 fully saturated rings. The summed E-state index contributed by atoms with van der Waals surface area (Å²) in [6.45, 7) is 7.69. The SMILES string of the molecule is CCN(CC)c1ccc(OC)c(/C=C2\N=C(C)OC2=O)c1. The van der Waals surface area contributed by atoms with Gasteiger partial charge in [0.25, 0.3) is 0 Å². The van der Waals surface area contributed by atoms with Crippen molar-refractivity contribution in [2.75, 3.05) is 25.1 Å². The lowest BCUT2D eigenvalue weighted by Crippen LogP contribution is -2.21. The van der Waals surface area contributed by atoms with Crippen LogP contribution in [0.5, 0.6) is 5.75 Å². The van der Waals surface area contributed by atoms with E-state index in [0.29, 0.717) is 17.3 Å². The van der Waals surface area contributed by atoms with E-state index in [2.05, 4.69) is 23.7 Å². The fraction of sp³-hybridized carbons (Fsp3) is 0.375. The van der Waals surface area contributed by atoms with Crippen LogP contribution in [0.4, 0.5) is 5.69 Å². The van der Waals surface area contributed by atoms with Gasteiger partial charge >= 0.3 is 5.97 Å². The lowest BCUT2D eigenvalue weighted by molar-refractivity contribution is -0.130.